The van der Waals surface area contributed by atoms with Gasteiger partial charge in [0.2, 0.25) is 0 Å². The van der Waals surface area contributed by atoms with Crippen molar-refractivity contribution in [3.05, 3.63) is 35.9 Å². The first-order chi connectivity index (χ1) is 10.2. The van der Waals surface area contributed by atoms with Gasteiger partial charge >= 0.3 is 0 Å². The molecule has 3 rings (SSSR count). The van der Waals surface area contributed by atoms with Crippen molar-refractivity contribution in [2.75, 3.05) is 39.3 Å². The lowest BCUT2D eigenvalue weighted by Crippen LogP contribution is -2.48. The van der Waals surface area contributed by atoms with Gasteiger partial charge in [-0.3, -0.25) is 4.79 Å². The molecule has 1 unspecified atom stereocenters. The largest absolute Gasteiger partial charge is 0.301 e. The minimum atomic E-state index is 0.0855. The van der Waals surface area contributed by atoms with Crippen molar-refractivity contribution >= 4 is 5.78 Å². The number of nitrogens with zero attached hydrogens (tertiary/aromatic N) is 2. The molecule has 2 fully saturated rings. The minimum absolute atomic E-state index is 0.0855. The third-order valence-electron chi connectivity index (χ3n) is 4.72. The van der Waals surface area contributed by atoms with Crippen molar-refractivity contribution in [2.45, 2.75) is 19.8 Å². The molecule has 0 aromatic heterocycles. The smallest absolute Gasteiger partial charge is 0.166 e. The van der Waals surface area contributed by atoms with Crippen molar-refractivity contribution in [1.29, 1.82) is 0 Å². The fourth-order valence-electron chi connectivity index (χ4n) is 3.18. The van der Waals surface area contributed by atoms with Gasteiger partial charge in [0.25, 0.3) is 0 Å². The zero-order valence-electron chi connectivity index (χ0n) is 13.0. The molecule has 1 atom stereocenters. The van der Waals surface area contributed by atoms with Crippen LogP contribution in [-0.4, -0.2) is 54.9 Å². The molecule has 2 aliphatic rings. The Morgan fingerprint density at radius 1 is 1.10 bits per heavy atom. The topological polar surface area (TPSA) is 23.6 Å². The summed E-state index contributed by atoms with van der Waals surface area (Å²) in [5.41, 5.74) is 0.845. The van der Waals surface area contributed by atoms with E-state index in [-0.39, 0.29) is 11.7 Å². The highest BCUT2D eigenvalue weighted by molar-refractivity contribution is 5.97. The normalized spacial score (nSPS) is 22.1. The van der Waals surface area contributed by atoms with Crippen LogP contribution in [0.15, 0.2) is 30.3 Å². The average molecular weight is 286 g/mol. The summed E-state index contributed by atoms with van der Waals surface area (Å²) in [6, 6.07) is 9.69. The Kier molecular flexibility index (Phi) is 4.71. The zero-order valence-corrected chi connectivity index (χ0v) is 13.0. The third kappa shape index (κ3) is 4.14. The molecule has 1 aliphatic heterocycles. The first-order valence-electron chi connectivity index (χ1n) is 8.26. The van der Waals surface area contributed by atoms with E-state index < -0.39 is 0 Å². The number of benzene rings is 1. The van der Waals surface area contributed by atoms with E-state index in [9.17, 15) is 4.79 Å². The predicted octanol–water partition coefficient (Wildman–Crippen LogP) is 2.53. The first kappa shape index (κ1) is 14.7. The molecule has 114 valence electrons. The number of carbonyl (C=O) groups excluding carboxylic acids is 1. The summed E-state index contributed by atoms with van der Waals surface area (Å²) in [5, 5.41) is 0. The second-order valence-electron chi connectivity index (χ2n) is 6.68. The molecule has 3 nitrogen and oxygen atoms in total. The number of hydrogen-bond acceptors (Lipinski definition) is 3. The van der Waals surface area contributed by atoms with E-state index in [1.807, 2.05) is 30.3 Å². The van der Waals surface area contributed by atoms with Crippen LogP contribution in [0.2, 0.25) is 0 Å². The predicted molar refractivity (Wildman–Crippen MR) is 85.5 cm³/mol. The van der Waals surface area contributed by atoms with E-state index >= 15 is 0 Å². The second-order valence-corrected chi connectivity index (χ2v) is 6.68. The van der Waals surface area contributed by atoms with Crippen LogP contribution < -0.4 is 0 Å². The number of piperazine rings is 1. The van der Waals surface area contributed by atoms with Gasteiger partial charge < -0.3 is 9.80 Å². The maximum absolute atomic E-state index is 12.4. The molecule has 1 heterocycles. The molecular weight excluding hydrogens is 260 g/mol. The number of hydrogen-bond donors (Lipinski definition) is 0. The highest BCUT2D eigenvalue weighted by Gasteiger charge is 2.27. The molecule has 21 heavy (non-hydrogen) atoms. The molecule has 1 saturated carbocycles. The van der Waals surface area contributed by atoms with Gasteiger partial charge in [0, 0.05) is 50.7 Å². The van der Waals surface area contributed by atoms with Gasteiger partial charge in [-0.15, -0.1) is 0 Å². The minimum Gasteiger partial charge on any atom is -0.301 e. The average Bonchev–Trinajstić information content (AvgIpc) is 3.33. The van der Waals surface area contributed by atoms with Crippen LogP contribution >= 0.6 is 0 Å². The van der Waals surface area contributed by atoms with Crippen molar-refractivity contribution < 1.29 is 4.79 Å². The summed E-state index contributed by atoms with van der Waals surface area (Å²) in [5.74, 6) is 1.34. The lowest BCUT2D eigenvalue weighted by atomic mass is 9.98. The van der Waals surface area contributed by atoms with Crippen LogP contribution in [0.3, 0.4) is 0 Å². The lowest BCUT2D eigenvalue weighted by Gasteiger charge is -2.35. The zero-order chi connectivity index (χ0) is 14.7. The summed E-state index contributed by atoms with van der Waals surface area (Å²) in [6.07, 6.45) is 2.87. The van der Waals surface area contributed by atoms with Gasteiger partial charge in [-0.1, -0.05) is 37.3 Å². The molecule has 1 aromatic rings. The quantitative estimate of drug-likeness (QED) is 0.751. The number of ketones is 1. The van der Waals surface area contributed by atoms with Gasteiger partial charge in [0.05, 0.1) is 0 Å². The Morgan fingerprint density at radius 2 is 1.71 bits per heavy atom. The monoisotopic (exact) mass is 286 g/mol. The summed E-state index contributed by atoms with van der Waals surface area (Å²) in [4.78, 5) is 17.4. The van der Waals surface area contributed by atoms with Crippen LogP contribution in [0.25, 0.3) is 0 Å². The van der Waals surface area contributed by atoms with Crippen LogP contribution in [0.1, 0.15) is 30.1 Å². The highest BCUT2D eigenvalue weighted by atomic mass is 16.1. The summed E-state index contributed by atoms with van der Waals surface area (Å²) in [7, 11) is 0. The van der Waals surface area contributed by atoms with E-state index in [4.69, 9.17) is 0 Å². The Morgan fingerprint density at radius 3 is 2.33 bits per heavy atom. The van der Waals surface area contributed by atoms with E-state index in [0.29, 0.717) is 0 Å². The van der Waals surface area contributed by atoms with Crippen molar-refractivity contribution in [1.82, 2.24) is 9.80 Å². The van der Waals surface area contributed by atoms with Gasteiger partial charge in [-0.2, -0.15) is 0 Å². The van der Waals surface area contributed by atoms with Gasteiger partial charge in [0.15, 0.2) is 5.78 Å². The lowest BCUT2D eigenvalue weighted by molar-refractivity contribution is 0.0829. The van der Waals surface area contributed by atoms with Gasteiger partial charge in [-0.25, -0.2) is 0 Å². The van der Waals surface area contributed by atoms with Crippen LogP contribution in [-0.2, 0) is 0 Å². The van der Waals surface area contributed by atoms with Gasteiger partial charge in [0.1, 0.15) is 0 Å². The Bertz CT molecular complexity index is 461. The highest BCUT2D eigenvalue weighted by Crippen LogP contribution is 2.29. The molecule has 1 aliphatic carbocycles. The Labute approximate surface area is 127 Å². The molecule has 1 saturated heterocycles. The number of Topliss-reactive ketones (excluding diaryl/α,β-unsaturated/α-hetero) is 1. The molecule has 0 bridgehead atoms. The van der Waals surface area contributed by atoms with Crippen LogP contribution in [0.5, 0.6) is 0 Å². The molecule has 3 heteroatoms. The molecular formula is C18H26N2O. The van der Waals surface area contributed by atoms with Crippen LogP contribution in [0.4, 0.5) is 0 Å². The standard InChI is InChI=1S/C18H26N2O/c1-15(18(21)17-5-3-2-4-6-17)13-19-9-11-20(12-10-19)14-16-7-8-16/h2-6,15-16H,7-14H2,1H3. The molecule has 0 N–H and O–H groups in total. The Balaban J connectivity index is 1.45. The number of rotatable bonds is 6. The molecule has 0 spiro atoms. The first-order valence-corrected chi connectivity index (χ1v) is 8.26. The van der Waals surface area contributed by atoms with Crippen LogP contribution in [0, 0.1) is 11.8 Å². The molecule has 0 amide bonds. The van der Waals surface area contributed by atoms with Gasteiger partial charge in [-0.05, 0) is 18.8 Å². The summed E-state index contributed by atoms with van der Waals surface area (Å²) in [6.45, 7) is 8.81. The van der Waals surface area contributed by atoms with E-state index in [2.05, 4.69) is 16.7 Å². The summed E-state index contributed by atoms with van der Waals surface area (Å²) >= 11 is 0. The third-order valence-corrected chi connectivity index (χ3v) is 4.72. The van der Waals surface area contributed by atoms with E-state index in [0.717, 1.165) is 31.1 Å². The number of carbonyl (C=O) groups is 1. The fourth-order valence-corrected chi connectivity index (χ4v) is 3.18. The van der Waals surface area contributed by atoms with Crippen molar-refractivity contribution in [3.8, 4) is 0 Å². The molecule has 0 radical (unpaired) electrons. The van der Waals surface area contributed by atoms with Crippen molar-refractivity contribution in [3.63, 3.8) is 0 Å². The van der Waals surface area contributed by atoms with E-state index in [1.165, 1.54) is 32.5 Å². The van der Waals surface area contributed by atoms with Crippen molar-refractivity contribution in [2.24, 2.45) is 11.8 Å². The maximum Gasteiger partial charge on any atom is 0.166 e. The summed E-state index contributed by atoms with van der Waals surface area (Å²) < 4.78 is 0. The van der Waals surface area contributed by atoms with E-state index in [1.54, 1.807) is 0 Å². The Hall–Kier alpha value is -1.19. The second kappa shape index (κ2) is 6.71. The fraction of sp³-hybridized carbons (Fsp3) is 0.611. The SMILES string of the molecule is CC(CN1CCN(CC2CC2)CC1)C(=O)c1ccccc1. The molecule has 1 aromatic carbocycles. The maximum atomic E-state index is 12.4.